The summed E-state index contributed by atoms with van der Waals surface area (Å²) in [6.07, 6.45) is -2.43. The lowest BCUT2D eigenvalue weighted by Gasteiger charge is -2.08. The monoisotopic (exact) mass is 286 g/mol. The molecule has 0 aliphatic rings. The Bertz CT molecular complexity index is 568. The average Bonchev–Trinajstić information content (AvgIpc) is 2.15. The van der Waals surface area contributed by atoms with Crippen LogP contribution in [0.2, 0.25) is 5.15 Å². The van der Waals surface area contributed by atoms with E-state index in [9.17, 15) is 17.2 Å². The fourth-order valence-corrected chi connectivity index (χ4v) is 2.61. The third-order valence-corrected chi connectivity index (χ3v) is 3.29. The lowest BCUT2D eigenvalue weighted by molar-refractivity contribution is 0.147. The molecule has 1 heterocycles. The van der Waals surface area contributed by atoms with Crippen molar-refractivity contribution in [3.8, 4) is 6.07 Å². The Kier molecular flexibility index (Phi) is 3.68. The molecule has 0 aliphatic heterocycles. The molecule has 0 atom stereocenters. The van der Waals surface area contributed by atoms with Crippen LogP contribution in [0.3, 0.4) is 0 Å². The van der Waals surface area contributed by atoms with Crippen molar-refractivity contribution in [2.75, 3.05) is 0 Å². The Labute approximate surface area is 98.8 Å². The van der Waals surface area contributed by atoms with Gasteiger partial charge in [0.2, 0.25) is 0 Å². The quantitative estimate of drug-likeness (QED) is 0.618. The number of hydrogen-bond donors (Lipinski definition) is 0. The molecular formula is C7H2Cl2F2N2O2S. The molecule has 1 rings (SSSR count). The van der Waals surface area contributed by atoms with Gasteiger partial charge in [0.05, 0.1) is 11.1 Å². The van der Waals surface area contributed by atoms with Gasteiger partial charge in [-0.25, -0.2) is 22.2 Å². The van der Waals surface area contributed by atoms with Gasteiger partial charge < -0.3 is 0 Å². The van der Waals surface area contributed by atoms with Crippen molar-refractivity contribution in [3.63, 3.8) is 0 Å². The van der Waals surface area contributed by atoms with Gasteiger partial charge in [0.1, 0.15) is 16.1 Å². The van der Waals surface area contributed by atoms with Crippen molar-refractivity contribution in [1.29, 1.82) is 5.26 Å². The summed E-state index contributed by atoms with van der Waals surface area (Å²) in [6, 6.07) is 1.41. The van der Waals surface area contributed by atoms with Gasteiger partial charge in [-0.15, -0.1) is 0 Å². The SMILES string of the molecule is N#Cc1cnc(Cl)c(C(F)F)c1S(=O)(=O)Cl. The lowest BCUT2D eigenvalue weighted by atomic mass is 10.2. The molecule has 16 heavy (non-hydrogen) atoms. The molecule has 0 radical (unpaired) electrons. The molecule has 0 N–H and O–H groups in total. The number of nitriles is 1. The highest BCUT2D eigenvalue weighted by Gasteiger charge is 2.29. The van der Waals surface area contributed by atoms with Crippen LogP contribution in [0.15, 0.2) is 11.1 Å². The Morgan fingerprint density at radius 2 is 2.06 bits per heavy atom. The second-order valence-corrected chi connectivity index (χ2v) is 5.42. The van der Waals surface area contributed by atoms with Crippen LogP contribution < -0.4 is 0 Å². The highest BCUT2D eigenvalue weighted by atomic mass is 35.7. The molecule has 0 spiro atoms. The average molecular weight is 287 g/mol. The Morgan fingerprint density at radius 3 is 2.44 bits per heavy atom. The van der Waals surface area contributed by atoms with Crippen LogP contribution in [0.4, 0.5) is 8.78 Å². The van der Waals surface area contributed by atoms with Crippen LogP contribution in [-0.4, -0.2) is 13.4 Å². The van der Waals surface area contributed by atoms with Crippen LogP contribution in [0.25, 0.3) is 0 Å². The fraction of sp³-hybridized carbons (Fsp3) is 0.143. The van der Waals surface area contributed by atoms with Gasteiger partial charge in [0, 0.05) is 16.9 Å². The van der Waals surface area contributed by atoms with Crippen LogP contribution in [-0.2, 0) is 9.05 Å². The molecular weight excluding hydrogens is 285 g/mol. The summed E-state index contributed by atoms with van der Waals surface area (Å²) in [5.41, 5.74) is -1.63. The summed E-state index contributed by atoms with van der Waals surface area (Å²) in [5, 5.41) is 7.88. The summed E-state index contributed by atoms with van der Waals surface area (Å²) < 4.78 is 47.3. The first-order valence-corrected chi connectivity index (χ1v) is 6.29. The van der Waals surface area contributed by atoms with Crippen LogP contribution in [0.1, 0.15) is 17.6 Å². The molecule has 0 fully saturated rings. The summed E-state index contributed by atoms with van der Waals surface area (Å²) in [6.45, 7) is 0. The Balaban J connectivity index is 3.79. The summed E-state index contributed by atoms with van der Waals surface area (Å²) >= 11 is 5.34. The first-order valence-electron chi connectivity index (χ1n) is 3.60. The third kappa shape index (κ3) is 2.40. The number of pyridine rings is 1. The number of halogens is 4. The van der Waals surface area contributed by atoms with E-state index in [4.69, 9.17) is 27.5 Å². The van der Waals surface area contributed by atoms with Gasteiger partial charge in [-0.2, -0.15) is 5.26 Å². The fourth-order valence-electron chi connectivity index (χ4n) is 1.02. The maximum atomic E-state index is 12.6. The Morgan fingerprint density at radius 1 is 1.50 bits per heavy atom. The van der Waals surface area contributed by atoms with Gasteiger partial charge in [0.15, 0.2) is 0 Å². The number of nitrogens with zero attached hydrogens (tertiary/aromatic N) is 2. The first-order chi connectivity index (χ1) is 7.29. The molecule has 86 valence electrons. The topological polar surface area (TPSA) is 70.8 Å². The van der Waals surface area contributed by atoms with E-state index in [0.29, 0.717) is 0 Å². The lowest BCUT2D eigenvalue weighted by Crippen LogP contribution is -2.04. The predicted molar refractivity (Wildman–Crippen MR) is 52.0 cm³/mol. The molecule has 0 amide bonds. The molecule has 0 aromatic carbocycles. The minimum Gasteiger partial charge on any atom is -0.243 e. The second kappa shape index (κ2) is 4.49. The van der Waals surface area contributed by atoms with Gasteiger partial charge in [0.25, 0.3) is 15.5 Å². The molecule has 0 unspecified atom stereocenters. The van der Waals surface area contributed by atoms with Crippen molar-refractivity contribution < 1.29 is 17.2 Å². The van der Waals surface area contributed by atoms with Crippen molar-refractivity contribution >= 4 is 31.3 Å². The van der Waals surface area contributed by atoms with E-state index in [1.807, 2.05) is 0 Å². The van der Waals surface area contributed by atoms with E-state index in [0.717, 1.165) is 6.20 Å². The first kappa shape index (κ1) is 13.1. The maximum absolute atomic E-state index is 12.6. The third-order valence-electron chi connectivity index (χ3n) is 1.60. The molecule has 0 saturated heterocycles. The van der Waals surface area contributed by atoms with Gasteiger partial charge in [-0.05, 0) is 0 Å². The highest BCUT2D eigenvalue weighted by molar-refractivity contribution is 8.13. The summed E-state index contributed by atoms with van der Waals surface area (Å²) in [7, 11) is 0.467. The summed E-state index contributed by atoms with van der Waals surface area (Å²) in [4.78, 5) is 2.29. The van der Waals surface area contributed by atoms with E-state index in [2.05, 4.69) is 4.98 Å². The minimum atomic E-state index is -4.50. The molecule has 1 aromatic rings. The van der Waals surface area contributed by atoms with E-state index in [1.54, 1.807) is 0 Å². The van der Waals surface area contributed by atoms with Crippen molar-refractivity contribution in [3.05, 3.63) is 22.5 Å². The summed E-state index contributed by atoms with van der Waals surface area (Å²) in [5.74, 6) is 0. The van der Waals surface area contributed by atoms with E-state index < -0.39 is 36.7 Å². The number of aromatic nitrogens is 1. The van der Waals surface area contributed by atoms with E-state index >= 15 is 0 Å². The van der Waals surface area contributed by atoms with Crippen molar-refractivity contribution in [2.45, 2.75) is 11.3 Å². The normalized spacial score (nSPS) is 11.5. The number of hydrogen-bond acceptors (Lipinski definition) is 4. The van der Waals surface area contributed by atoms with Crippen molar-refractivity contribution in [1.82, 2.24) is 4.98 Å². The number of rotatable bonds is 2. The predicted octanol–water partition coefficient (Wildman–Crippen LogP) is 2.47. The molecule has 0 aliphatic carbocycles. The zero-order valence-electron chi connectivity index (χ0n) is 7.29. The van der Waals surface area contributed by atoms with Crippen LogP contribution in [0, 0.1) is 11.3 Å². The van der Waals surface area contributed by atoms with Crippen molar-refractivity contribution in [2.24, 2.45) is 0 Å². The van der Waals surface area contributed by atoms with Gasteiger partial charge in [-0.3, -0.25) is 0 Å². The minimum absolute atomic E-state index is 0.574. The standard InChI is InChI=1S/C7H2Cl2F2N2O2S/c8-6-4(7(10)11)5(16(9,14)15)3(1-12)2-13-6/h2,7H. The highest BCUT2D eigenvalue weighted by Crippen LogP contribution is 2.35. The maximum Gasteiger partial charge on any atom is 0.268 e. The van der Waals surface area contributed by atoms with Crippen LogP contribution in [0.5, 0.6) is 0 Å². The molecule has 0 bridgehead atoms. The largest absolute Gasteiger partial charge is 0.268 e. The zero-order chi connectivity index (χ0) is 12.5. The van der Waals surface area contributed by atoms with E-state index in [1.165, 1.54) is 6.07 Å². The molecule has 0 saturated carbocycles. The van der Waals surface area contributed by atoms with E-state index in [-0.39, 0.29) is 0 Å². The Hall–Kier alpha value is -0.970. The molecule has 1 aromatic heterocycles. The zero-order valence-corrected chi connectivity index (χ0v) is 9.61. The van der Waals surface area contributed by atoms with Crippen LogP contribution >= 0.6 is 22.3 Å². The number of alkyl halides is 2. The molecule has 4 nitrogen and oxygen atoms in total. The van der Waals surface area contributed by atoms with Gasteiger partial charge >= 0.3 is 0 Å². The molecule has 9 heteroatoms. The second-order valence-electron chi connectivity index (χ2n) is 2.56. The smallest absolute Gasteiger partial charge is 0.243 e. The van der Waals surface area contributed by atoms with Gasteiger partial charge in [-0.1, -0.05) is 11.6 Å².